The zero-order valence-corrected chi connectivity index (χ0v) is 15.7. The molecule has 26 heavy (non-hydrogen) atoms. The van der Waals surface area contributed by atoms with Crippen LogP contribution in [0.4, 0.5) is 21.8 Å². The van der Waals surface area contributed by atoms with Gasteiger partial charge >= 0.3 is 0 Å². The predicted octanol–water partition coefficient (Wildman–Crippen LogP) is 3.57. The maximum absolute atomic E-state index is 13.1. The molecule has 0 radical (unpaired) electrons. The fourth-order valence-corrected chi connectivity index (χ4v) is 3.36. The van der Waals surface area contributed by atoms with Gasteiger partial charge in [0.05, 0.1) is 0 Å². The van der Waals surface area contributed by atoms with Gasteiger partial charge in [-0.2, -0.15) is 4.98 Å². The van der Waals surface area contributed by atoms with E-state index in [1.54, 1.807) is 0 Å². The molecule has 3 rings (SSSR count). The number of aromatic nitrogens is 2. The first kappa shape index (κ1) is 18.4. The third kappa shape index (κ3) is 4.42. The fraction of sp³-hybridized carbons (Fsp3) is 0.500. The molecule has 0 atom stereocenters. The van der Waals surface area contributed by atoms with Crippen molar-refractivity contribution in [2.24, 2.45) is 0 Å². The number of nitrogens with zero attached hydrogens (tertiary/aromatic N) is 5. The molecule has 2 heterocycles. The average molecular weight is 357 g/mol. The Morgan fingerprint density at radius 2 is 1.54 bits per heavy atom. The number of rotatable bonds is 7. The van der Waals surface area contributed by atoms with Gasteiger partial charge < -0.3 is 14.7 Å². The van der Waals surface area contributed by atoms with Crippen molar-refractivity contribution in [3.63, 3.8) is 0 Å². The molecule has 0 aliphatic carbocycles. The Bertz CT molecular complexity index is 677. The molecule has 0 bridgehead atoms. The standard InChI is InChI=1S/C20H28FN5/c1-3-11-25(12-4-2)19-9-10-22-20(23-19)26-15-13-24(14-16-26)18-7-5-17(21)6-8-18/h5-10H,3-4,11-16H2,1-2H3. The smallest absolute Gasteiger partial charge is 0.227 e. The zero-order valence-electron chi connectivity index (χ0n) is 15.7. The summed E-state index contributed by atoms with van der Waals surface area (Å²) >= 11 is 0. The minimum Gasteiger partial charge on any atom is -0.368 e. The number of benzene rings is 1. The maximum atomic E-state index is 13.1. The first-order valence-corrected chi connectivity index (χ1v) is 9.54. The van der Waals surface area contributed by atoms with Gasteiger partial charge in [-0.25, -0.2) is 9.37 Å². The van der Waals surface area contributed by atoms with Crippen LogP contribution in [0.2, 0.25) is 0 Å². The molecule has 1 aromatic heterocycles. The third-order valence-corrected chi connectivity index (χ3v) is 4.69. The molecule has 0 spiro atoms. The average Bonchev–Trinajstić information content (AvgIpc) is 2.69. The van der Waals surface area contributed by atoms with Crippen molar-refractivity contribution in [2.75, 3.05) is 54.0 Å². The second kappa shape index (κ2) is 8.83. The Labute approximate surface area is 155 Å². The molecule has 1 aliphatic heterocycles. The number of anilines is 3. The molecule has 0 amide bonds. The van der Waals surface area contributed by atoms with E-state index in [2.05, 4.69) is 33.5 Å². The van der Waals surface area contributed by atoms with E-state index in [0.29, 0.717) is 0 Å². The highest BCUT2D eigenvalue weighted by molar-refractivity contribution is 5.49. The molecule has 1 aliphatic rings. The molecule has 1 aromatic carbocycles. The summed E-state index contributed by atoms with van der Waals surface area (Å²) in [7, 11) is 0. The van der Waals surface area contributed by atoms with Crippen molar-refractivity contribution >= 4 is 17.5 Å². The number of hydrogen-bond acceptors (Lipinski definition) is 5. The summed E-state index contributed by atoms with van der Waals surface area (Å²) in [6.45, 7) is 9.91. The Kier molecular flexibility index (Phi) is 6.26. The van der Waals surface area contributed by atoms with Gasteiger partial charge in [-0.05, 0) is 43.2 Å². The molecule has 0 unspecified atom stereocenters. The molecule has 0 saturated carbocycles. The molecular formula is C20H28FN5. The van der Waals surface area contributed by atoms with Crippen LogP contribution in [0.5, 0.6) is 0 Å². The van der Waals surface area contributed by atoms with Crippen LogP contribution in [0.3, 0.4) is 0 Å². The monoisotopic (exact) mass is 357 g/mol. The number of halogens is 1. The Morgan fingerprint density at radius 1 is 0.923 bits per heavy atom. The van der Waals surface area contributed by atoms with Crippen LogP contribution in [0.25, 0.3) is 0 Å². The molecule has 1 fully saturated rings. The lowest BCUT2D eigenvalue weighted by atomic mass is 10.2. The summed E-state index contributed by atoms with van der Waals surface area (Å²) in [6.07, 6.45) is 4.08. The van der Waals surface area contributed by atoms with Gasteiger partial charge in [0.2, 0.25) is 5.95 Å². The second-order valence-electron chi connectivity index (χ2n) is 6.65. The molecule has 5 nitrogen and oxygen atoms in total. The predicted molar refractivity (Wildman–Crippen MR) is 106 cm³/mol. The molecule has 2 aromatic rings. The normalized spacial score (nSPS) is 14.6. The quantitative estimate of drug-likeness (QED) is 0.757. The summed E-state index contributed by atoms with van der Waals surface area (Å²) in [5.74, 6) is 1.62. The second-order valence-corrected chi connectivity index (χ2v) is 6.65. The third-order valence-electron chi connectivity index (χ3n) is 4.69. The van der Waals surface area contributed by atoms with E-state index in [1.807, 2.05) is 24.4 Å². The van der Waals surface area contributed by atoms with Crippen molar-refractivity contribution in [1.82, 2.24) is 9.97 Å². The van der Waals surface area contributed by atoms with Gasteiger partial charge in [-0.15, -0.1) is 0 Å². The minimum absolute atomic E-state index is 0.193. The van der Waals surface area contributed by atoms with E-state index in [0.717, 1.165) is 69.6 Å². The van der Waals surface area contributed by atoms with Gasteiger partial charge in [0.15, 0.2) is 0 Å². The largest absolute Gasteiger partial charge is 0.368 e. The van der Waals surface area contributed by atoms with Crippen LogP contribution in [-0.2, 0) is 0 Å². The van der Waals surface area contributed by atoms with Crippen LogP contribution in [0, 0.1) is 5.82 Å². The van der Waals surface area contributed by atoms with Crippen LogP contribution in [0.1, 0.15) is 26.7 Å². The van der Waals surface area contributed by atoms with Crippen molar-refractivity contribution in [1.29, 1.82) is 0 Å². The van der Waals surface area contributed by atoms with E-state index in [-0.39, 0.29) is 5.82 Å². The highest BCUT2D eigenvalue weighted by Gasteiger charge is 2.20. The number of hydrogen-bond donors (Lipinski definition) is 0. The highest BCUT2D eigenvalue weighted by atomic mass is 19.1. The van der Waals surface area contributed by atoms with Crippen LogP contribution >= 0.6 is 0 Å². The molecule has 140 valence electrons. The van der Waals surface area contributed by atoms with Gasteiger partial charge in [0.25, 0.3) is 0 Å². The number of piperazine rings is 1. The first-order chi connectivity index (χ1) is 12.7. The van der Waals surface area contributed by atoms with E-state index >= 15 is 0 Å². The fourth-order valence-electron chi connectivity index (χ4n) is 3.36. The van der Waals surface area contributed by atoms with Crippen molar-refractivity contribution < 1.29 is 4.39 Å². The van der Waals surface area contributed by atoms with Crippen LogP contribution < -0.4 is 14.7 Å². The Morgan fingerprint density at radius 3 is 2.15 bits per heavy atom. The summed E-state index contributed by atoms with van der Waals surface area (Å²) in [4.78, 5) is 16.2. The van der Waals surface area contributed by atoms with E-state index < -0.39 is 0 Å². The van der Waals surface area contributed by atoms with Crippen LogP contribution in [-0.4, -0.2) is 49.2 Å². The van der Waals surface area contributed by atoms with Crippen molar-refractivity contribution in [3.05, 3.63) is 42.3 Å². The Hall–Kier alpha value is -2.37. The SMILES string of the molecule is CCCN(CCC)c1ccnc(N2CCN(c3ccc(F)cc3)CC2)n1. The highest BCUT2D eigenvalue weighted by Crippen LogP contribution is 2.20. The molecular weight excluding hydrogens is 329 g/mol. The molecule has 6 heteroatoms. The maximum Gasteiger partial charge on any atom is 0.227 e. The lowest BCUT2D eigenvalue weighted by Crippen LogP contribution is -2.47. The summed E-state index contributed by atoms with van der Waals surface area (Å²) in [5.41, 5.74) is 1.07. The van der Waals surface area contributed by atoms with E-state index in [4.69, 9.17) is 4.98 Å². The van der Waals surface area contributed by atoms with Gasteiger partial charge in [0, 0.05) is 51.2 Å². The van der Waals surface area contributed by atoms with Gasteiger partial charge in [-0.3, -0.25) is 0 Å². The Balaban J connectivity index is 1.65. The lowest BCUT2D eigenvalue weighted by molar-refractivity contribution is 0.622. The van der Waals surface area contributed by atoms with Crippen LogP contribution in [0.15, 0.2) is 36.5 Å². The summed E-state index contributed by atoms with van der Waals surface area (Å²) < 4.78 is 13.1. The molecule has 0 N–H and O–H groups in total. The summed E-state index contributed by atoms with van der Waals surface area (Å²) in [6, 6.07) is 8.73. The minimum atomic E-state index is -0.193. The van der Waals surface area contributed by atoms with E-state index in [9.17, 15) is 4.39 Å². The van der Waals surface area contributed by atoms with Gasteiger partial charge in [-0.1, -0.05) is 13.8 Å². The molecule has 1 saturated heterocycles. The van der Waals surface area contributed by atoms with Gasteiger partial charge in [0.1, 0.15) is 11.6 Å². The van der Waals surface area contributed by atoms with Crippen molar-refractivity contribution in [3.8, 4) is 0 Å². The first-order valence-electron chi connectivity index (χ1n) is 9.54. The lowest BCUT2D eigenvalue weighted by Gasteiger charge is -2.36. The zero-order chi connectivity index (χ0) is 18.4. The summed E-state index contributed by atoms with van der Waals surface area (Å²) in [5, 5.41) is 0. The van der Waals surface area contributed by atoms with E-state index in [1.165, 1.54) is 12.1 Å². The van der Waals surface area contributed by atoms with Crippen molar-refractivity contribution in [2.45, 2.75) is 26.7 Å². The topological polar surface area (TPSA) is 35.5 Å².